The minimum atomic E-state index is 0.439. The minimum Gasteiger partial charge on any atom is -0.457 e. The average molecular weight is 282 g/mol. The molecule has 20 heavy (non-hydrogen) atoms. The molecule has 5 heteroatoms. The number of nitrogens with zero attached hydrogens (tertiary/aromatic N) is 2. The summed E-state index contributed by atoms with van der Waals surface area (Å²) in [6.45, 7) is 0. The van der Waals surface area contributed by atoms with E-state index in [1.165, 1.54) is 11.3 Å². The van der Waals surface area contributed by atoms with E-state index in [9.17, 15) is 4.79 Å². The molecule has 0 amide bonds. The molecule has 0 radical (unpaired) electrons. The Morgan fingerprint density at radius 2 is 1.95 bits per heavy atom. The van der Waals surface area contributed by atoms with E-state index in [4.69, 9.17) is 4.74 Å². The van der Waals surface area contributed by atoms with Crippen LogP contribution in [0.2, 0.25) is 0 Å². The Morgan fingerprint density at radius 3 is 2.70 bits per heavy atom. The van der Waals surface area contributed by atoms with Gasteiger partial charge in [-0.25, -0.2) is 4.98 Å². The molecule has 3 rings (SSSR count). The molecule has 2 aromatic heterocycles. The number of ether oxygens (including phenoxy) is 1. The second-order valence-electron chi connectivity index (χ2n) is 3.97. The first-order valence-corrected chi connectivity index (χ1v) is 6.77. The summed E-state index contributed by atoms with van der Waals surface area (Å²) in [4.78, 5) is 19.7. The van der Waals surface area contributed by atoms with Gasteiger partial charge in [0, 0.05) is 18.6 Å². The van der Waals surface area contributed by atoms with Crippen LogP contribution in [0.5, 0.6) is 11.5 Å². The Morgan fingerprint density at radius 1 is 1.10 bits per heavy atom. The molecule has 0 N–H and O–H groups in total. The predicted octanol–water partition coefficient (Wildman–Crippen LogP) is 3.81. The van der Waals surface area contributed by atoms with Gasteiger partial charge in [-0.2, -0.15) is 0 Å². The Bertz CT molecular complexity index is 726. The summed E-state index contributed by atoms with van der Waals surface area (Å²) in [6.07, 6.45) is 5.77. The fraction of sp³-hybridized carbons (Fsp3) is 0. The molecule has 0 fully saturated rings. The van der Waals surface area contributed by atoms with Crippen LogP contribution in [0.1, 0.15) is 9.80 Å². The van der Waals surface area contributed by atoms with Crippen molar-refractivity contribution >= 4 is 17.6 Å². The number of benzene rings is 1. The van der Waals surface area contributed by atoms with Gasteiger partial charge in [-0.05, 0) is 18.2 Å². The molecule has 0 saturated carbocycles. The van der Waals surface area contributed by atoms with Crippen LogP contribution in [0.3, 0.4) is 0 Å². The van der Waals surface area contributed by atoms with Gasteiger partial charge in [0.1, 0.15) is 11.5 Å². The minimum absolute atomic E-state index is 0.439. The van der Waals surface area contributed by atoms with Crippen molar-refractivity contribution < 1.29 is 9.53 Å². The zero-order valence-corrected chi connectivity index (χ0v) is 11.2. The molecule has 0 spiro atoms. The van der Waals surface area contributed by atoms with Gasteiger partial charge in [0.05, 0.1) is 10.4 Å². The number of hydrogen-bond donors (Lipinski definition) is 0. The van der Waals surface area contributed by atoms with Gasteiger partial charge in [-0.3, -0.25) is 9.78 Å². The number of aromatic nitrogens is 2. The molecule has 0 bridgehead atoms. The summed E-state index contributed by atoms with van der Waals surface area (Å²) in [5.41, 5.74) is 0.821. The molecular weight excluding hydrogens is 272 g/mol. The molecule has 3 aromatic rings. The van der Waals surface area contributed by atoms with Crippen LogP contribution >= 0.6 is 11.3 Å². The fourth-order valence-corrected chi connectivity index (χ4v) is 2.49. The van der Waals surface area contributed by atoms with E-state index < -0.39 is 0 Å². The number of hydrogen-bond acceptors (Lipinski definition) is 5. The highest BCUT2D eigenvalue weighted by Gasteiger charge is 2.10. The topological polar surface area (TPSA) is 52.1 Å². The van der Waals surface area contributed by atoms with Crippen molar-refractivity contribution in [2.75, 3.05) is 0 Å². The molecule has 0 saturated heterocycles. The zero-order chi connectivity index (χ0) is 13.8. The zero-order valence-electron chi connectivity index (χ0n) is 10.4. The molecule has 0 unspecified atom stereocenters. The smallest absolute Gasteiger partial charge is 0.178 e. The van der Waals surface area contributed by atoms with Gasteiger partial charge in [-0.1, -0.05) is 18.2 Å². The Balaban J connectivity index is 1.98. The van der Waals surface area contributed by atoms with Crippen LogP contribution in [-0.4, -0.2) is 16.3 Å². The highest BCUT2D eigenvalue weighted by Crippen LogP contribution is 2.35. The SMILES string of the molecule is O=Cc1ncc(-c2cnccc2Oc2ccccc2)s1. The van der Waals surface area contributed by atoms with Crippen molar-refractivity contribution in [3.63, 3.8) is 0 Å². The van der Waals surface area contributed by atoms with Crippen LogP contribution in [0.15, 0.2) is 55.0 Å². The monoisotopic (exact) mass is 282 g/mol. The van der Waals surface area contributed by atoms with Crippen LogP contribution in [0.25, 0.3) is 10.4 Å². The summed E-state index contributed by atoms with van der Waals surface area (Å²) in [6, 6.07) is 11.3. The highest BCUT2D eigenvalue weighted by atomic mass is 32.1. The van der Waals surface area contributed by atoms with Gasteiger partial charge < -0.3 is 4.74 Å². The molecule has 4 nitrogen and oxygen atoms in total. The third kappa shape index (κ3) is 2.57. The molecule has 0 aliphatic rings. The normalized spacial score (nSPS) is 10.2. The molecule has 98 valence electrons. The van der Waals surface area contributed by atoms with Gasteiger partial charge in [0.15, 0.2) is 11.3 Å². The van der Waals surface area contributed by atoms with E-state index >= 15 is 0 Å². The lowest BCUT2D eigenvalue weighted by atomic mass is 10.2. The standard InChI is InChI=1S/C15H10N2O2S/c18-10-15-17-9-14(20-15)12-8-16-7-6-13(12)19-11-4-2-1-3-5-11/h1-10H. The van der Waals surface area contributed by atoms with Crippen molar-refractivity contribution in [3.8, 4) is 21.9 Å². The molecule has 0 aliphatic carbocycles. The largest absolute Gasteiger partial charge is 0.457 e. The van der Waals surface area contributed by atoms with Crippen molar-refractivity contribution in [3.05, 3.63) is 60.0 Å². The van der Waals surface area contributed by atoms with E-state index in [1.807, 2.05) is 30.3 Å². The summed E-state index contributed by atoms with van der Waals surface area (Å²) < 4.78 is 5.86. The highest BCUT2D eigenvalue weighted by molar-refractivity contribution is 7.16. The number of pyridine rings is 1. The summed E-state index contributed by atoms with van der Waals surface area (Å²) in [5, 5.41) is 0.439. The van der Waals surface area contributed by atoms with Gasteiger partial charge >= 0.3 is 0 Å². The maximum Gasteiger partial charge on any atom is 0.178 e. The van der Waals surface area contributed by atoms with Crippen LogP contribution in [-0.2, 0) is 0 Å². The quantitative estimate of drug-likeness (QED) is 0.683. The Kier molecular flexibility index (Phi) is 3.52. The van der Waals surface area contributed by atoms with Crippen molar-refractivity contribution in [2.45, 2.75) is 0 Å². The number of carbonyl (C=O) groups excluding carboxylic acids is 1. The van der Waals surface area contributed by atoms with E-state index in [1.54, 1.807) is 24.7 Å². The molecule has 0 atom stereocenters. The molecule has 0 aliphatic heterocycles. The van der Waals surface area contributed by atoms with Gasteiger partial charge in [-0.15, -0.1) is 11.3 Å². The third-order valence-corrected chi connectivity index (χ3v) is 3.60. The number of carbonyl (C=O) groups is 1. The first kappa shape index (κ1) is 12.5. The average Bonchev–Trinajstić information content (AvgIpc) is 2.98. The lowest BCUT2D eigenvalue weighted by molar-refractivity contribution is 0.112. The Labute approximate surface area is 119 Å². The molecule has 1 aromatic carbocycles. The second-order valence-corrected chi connectivity index (χ2v) is 5.03. The van der Waals surface area contributed by atoms with Crippen molar-refractivity contribution in [1.82, 2.24) is 9.97 Å². The number of para-hydroxylation sites is 1. The van der Waals surface area contributed by atoms with Gasteiger partial charge in [0.2, 0.25) is 0 Å². The maximum atomic E-state index is 10.7. The van der Waals surface area contributed by atoms with Crippen LogP contribution in [0.4, 0.5) is 0 Å². The molecule has 2 heterocycles. The number of rotatable bonds is 4. The van der Waals surface area contributed by atoms with E-state index in [0.29, 0.717) is 10.8 Å². The first-order chi connectivity index (χ1) is 9.86. The van der Waals surface area contributed by atoms with E-state index in [-0.39, 0.29) is 0 Å². The Hall–Kier alpha value is -2.53. The fourth-order valence-electron chi connectivity index (χ4n) is 1.74. The second kappa shape index (κ2) is 5.63. The summed E-state index contributed by atoms with van der Waals surface area (Å²) in [7, 11) is 0. The molecular formula is C15H10N2O2S. The number of aldehydes is 1. The third-order valence-electron chi connectivity index (χ3n) is 2.64. The van der Waals surface area contributed by atoms with Crippen molar-refractivity contribution in [1.29, 1.82) is 0 Å². The lowest BCUT2D eigenvalue weighted by Gasteiger charge is -2.08. The summed E-state index contributed by atoms with van der Waals surface area (Å²) in [5.74, 6) is 1.44. The lowest BCUT2D eigenvalue weighted by Crippen LogP contribution is -1.87. The van der Waals surface area contributed by atoms with Crippen LogP contribution in [0, 0.1) is 0 Å². The van der Waals surface area contributed by atoms with E-state index in [0.717, 1.165) is 22.5 Å². The predicted molar refractivity (Wildman–Crippen MR) is 77.2 cm³/mol. The van der Waals surface area contributed by atoms with Gasteiger partial charge in [0.25, 0.3) is 0 Å². The van der Waals surface area contributed by atoms with E-state index in [2.05, 4.69) is 9.97 Å². The number of thiazole rings is 1. The van der Waals surface area contributed by atoms with Crippen LogP contribution < -0.4 is 4.74 Å². The van der Waals surface area contributed by atoms with Crippen molar-refractivity contribution in [2.24, 2.45) is 0 Å². The first-order valence-electron chi connectivity index (χ1n) is 5.95. The maximum absolute atomic E-state index is 10.7. The summed E-state index contributed by atoms with van der Waals surface area (Å²) >= 11 is 1.31.